The van der Waals surface area contributed by atoms with Crippen LogP contribution in [-0.4, -0.2) is 67.1 Å². The minimum Gasteiger partial charge on any atom is -0.399 e. The average Bonchev–Trinajstić information content (AvgIpc) is 3.79. The summed E-state index contributed by atoms with van der Waals surface area (Å²) in [5.41, 5.74) is 17.1. The van der Waals surface area contributed by atoms with Gasteiger partial charge in [0.1, 0.15) is 5.84 Å². The van der Waals surface area contributed by atoms with E-state index >= 15 is 0 Å². The van der Waals surface area contributed by atoms with Crippen molar-refractivity contribution in [1.29, 1.82) is 5.41 Å². The van der Waals surface area contributed by atoms with Gasteiger partial charge in [0.25, 0.3) is 0 Å². The van der Waals surface area contributed by atoms with Gasteiger partial charge in [0, 0.05) is 56.9 Å². The van der Waals surface area contributed by atoms with Gasteiger partial charge >= 0.3 is 0 Å². The molecule has 2 aliphatic rings. The van der Waals surface area contributed by atoms with Crippen LogP contribution in [0.4, 0.5) is 5.69 Å². The third-order valence-corrected chi connectivity index (χ3v) is 6.50. The summed E-state index contributed by atoms with van der Waals surface area (Å²) in [6.07, 6.45) is 21.2. The van der Waals surface area contributed by atoms with E-state index in [1.165, 1.54) is 42.8 Å². The molecule has 7 heteroatoms. The van der Waals surface area contributed by atoms with Gasteiger partial charge in [-0.05, 0) is 110 Å². The van der Waals surface area contributed by atoms with Gasteiger partial charge in [-0.25, -0.2) is 0 Å². The Kier molecular flexibility index (Phi) is 39.3. The number of nitrogens with one attached hydrogen (secondary N) is 2. The Bertz CT molecular complexity index is 1110. The molecule has 0 amide bonds. The Hall–Kier alpha value is -3.81. The molecule has 0 bridgehead atoms. The summed E-state index contributed by atoms with van der Waals surface area (Å²) >= 11 is 0. The van der Waals surface area contributed by atoms with Crippen LogP contribution in [0.25, 0.3) is 0 Å². The Morgan fingerprint density at radius 1 is 1.06 bits per heavy atom. The zero-order valence-corrected chi connectivity index (χ0v) is 33.6. The van der Waals surface area contributed by atoms with Gasteiger partial charge in [-0.3, -0.25) is 5.41 Å². The molecule has 280 valence electrons. The average molecular weight is 681 g/mol. The summed E-state index contributed by atoms with van der Waals surface area (Å²) in [6, 6.07) is 6.94. The number of rotatable bonds is 7. The highest BCUT2D eigenvalue weighted by molar-refractivity contribution is 5.95. The first-order valence-electron chi connectivity index (χ1n) is 17.7. The molecule has 3 rings (SSSR count). The molecule has 0 aliphatic carbocycles. The molecule has 0 spiro atoms. The lowest BCUT2D eigenvalue weighted by atomic mass is 10.1. The topological polar surface area (TPSA) is 115 Å². The Balaban J connectivity index is -0.000000257. The number of allylic oxidation sites excluding steroid dienone is 10. The molecule has 0 unspecified atom stereocenters. The number of likely N-dealkylation sites (tertiary alicyclic amines) is 1. The minimum absolute atomic E-state index is 0.0484. The second-order valence-electron chi connectivity index (χ2n) is 11.5. The number of amidine groups is 1. The number of nitrogen functional groups attached to an aromatic ring is 2. The Labute approximate surface area is 303 Å². The normalized spacial score (nSPS) is 14.7. The van der Waals surface area contributed by atoms with Crippen molar-refractivity contribution in [2.24, 2.45) is 5.73 Å². The predicted molar refractivity (Wildman–Crippen MR) is 223 cm³/mol. The molecule has 1 aromatic carbocycles. The number of aliphatic hydroxyl groups is 1. The zero-order valence-electron chi connectivity index (χ0n) is 33.6. The van der Waals surface area contributed by atoms with Crippen molar-refractivity contribution in [3.05, 3.63) is 114 Å². The quantitative estimate of drug-likeness (QED) is 0.0644. The fourth-order valence-electron chi connectivity index (χ4n) is 3.70. The molecule has 1 atom stereocenters. The molecule has 0 radical (unpaired) electrons. The molecular formula is C42H76N6O. The predicted octanol–water partition coefficient (Wildman–Crippen LogP) is 9.62. The summed E-state index contributed by atoms with van der Waals surface area (Å²) in [5.74, 6) is 0.0484. The first kappa shape index (κ1) is 52.0. The number of nitrogens with two attached hydrogens (primary N) is 2. The monoisotopic (exact) mass is 681 g/mol. The van der Waals surface area contributed by atoms with Crippen molar-refractivity contribution in [2.45, 2.75) is 101 Å². The van der Waals surface area contributed by atoms with E-state index in [9.17, 15) is 0 Å². The first-order chi connectivity index (χ1) is 23.2. The maximum atomic E-state index is 8.67. The molecule has 7 nitrogen and oxygen atoms in total. The minimum atomic E-state index is -0.0648. The standard InChI is InChI=1S/C11H20N2.C10H16.C7H9N3.C5H10.C4H9NO.C3H6.C2H6/c1-4-11(7-10-12(2)3)13-8-5-6-9-13;1-5-7-9(3)10(4)8-6-2;8-6-3-1-2-5(4-6)7(9)10;1-4-5(2)3;6-4-1-2-5-3-4;1-3-2;1-2/h4,7,10H,5-6,8-9H2,1-3H3;5,7-8H,3,6H2,1-2,4H3;1-4H,8H2,(H3,9,10);4H,1-3H3;4-6H,1-3H2;3H,1H2,2H3;1-2H3/b10-7-,11-4+;7-5-,10-8+;;;;;/t;;;;4-;;/m....1../s1. The van der Waals surface area contributed by atoms with Crippen LogP contribution in [0.15, 0.2) is 109 Å². The molecule has 2 aliphatic heterocycles. The van der Waals surface area contributed by atoms with Gasteiger partial charge in [-0.2, -0.15) is 0 Å². The van der Waals surface area contributed by atoms with Gasteiger partial charge < -0.3 is 31.7 Å². The molecule has 0 aromatic heterocycles. The lowest BCUT2D eigenvalue weighted by molar-refractivity contribution is 0.196. The molecular weight excluding hydrogens is 605 g/mol. The third-order valence-electron chi connectivity index (χ3n) is 6.50. The van der Waals surface area contributed by atoms with Gasteiger partial charge in [-0.1, -0.05) is 81.5 Å². The molecule has 0 saturated carbocycles. The number of hydrogen-bond acceptors (Lipinski definition) is 6. The van der Waals surface area contributed by atoms with Crippen molar-refractivity contribution in [1.82, 2.24) is 15.1 Å². The lowest BCUT2D eigenvalue weighted by Crippen LogP contribution is -2.17. The van der Waals surface area contributed by atoms with E-state index in [2.05, 4.69) is 93.4 Å². The number of β-amino-alcohol motifs (C(OH)–C–C–N with tert-alkyl or cyclic N) is 1. The molecule has 7 N–H and O–H groups in total. The van der Waals surface area contributed by atoms with Crippen LogP contribution >= 0.6 is 0 Å². The van der Waals surface area contributed by atoms with Crippen molar-refractivity contribution >= 4 is 11.5 Å². The highest BCUT2D eigenvalue weighted by atomic mass is 16.3. The first-order valence-corrected chi connectivity index (χ1v) is 17.7. The van der Waals surface area contributed by atoms with Crippen molar-refractivity contribution in [2.75, 3.05) is 46.0 Å². The highest BCUT2D eigenvalue weighted by Crippen LogP contribution is 2.15. The number of anilines is 1. The maximum Gasteiger partial charge on any atom is 0.122 e. The van der Waals surface area contributed by atoms with Crippen LogP contribution in [-0.2, 0) is 0 Å². The van der Waals surface area contributed by atoms with Crippen LogP contribution in [0.1, 0.15) is 100 Å². The third kappa shape index (κ3) is 35.3. The van der Waals surface area contributed by atoms with Gasteiger partial charge in [0.2, 0.25) is 0 Å². The van der Waals surface area contributed by atoms with Crippen LogP contribution in [0.5, 0.6) is 0 Å². The van der Waals surface area contributed by atoms with Crippen molar-refractivity contribution in [3.63, 3.8) is 0 Å². The second kappa shape index (κ2) is 37.0. The van der Waals surface area contributed by atoms with Crippen molar-refractivity contribution < 1.29 is 5.11 Å². The Morgan fingerprint density at radius 2 is 1.61 bits per heavy atom. The smallest absolute Gasteiger partial charge is 0.122 e. The summed E-state index contributed by atoms with van der Waals surface area (Å²) in [4.78, 5) is 4.51. The van der Waals surface area contributed by atoms with Gasteiger partial charge in [0.15, 0.2) is 0 Å². The zero-order chi connectivity index (χ0) is 38.6. The molecule has 2 saturated heterocycles. The Morgan fingerprint density at radius 3 is 1.92 bits per heavy atom. The summed E-state index contributed by atoms with van der Waals surface area (Å²) in [7, 11) is 4.10. The number of aliphatic hydroxyl groups excluding tert-OH is 1. The molecule has 1 aromatic rings. The van der Waals surface area contributed by atoms with Gasteiger partial charge in [0.05, 0.1) is 6.10 Å². The van der Waals surface area contributed by atoms with Crippen LogP contribution in [0, 0.1) is 5.41 Å². The summed E-state index contributed by atoms with van der Waals surface area (Å²) < 4.78 is 0. The van der Waals surface area contributed by atoms with E-state index in [1.54, 1.807) is 30.3 Å². The largest absolute Gasteiger partial charge is 0.399 e. The van der Waals surface area contributed by atoms with Gasteiger partial charge in [-0.15, -0.1) is 6.58 Å². The molecule has 49 heavy (non-hydrogen) atoms. The SMILES string of the molecule is C/C=C(\C=C/N(C)C)N1CCCC1.C=C(/C=C\C)/C(C)=C/CC.C=CC.CC.CC=C(C)C.N=C(N)c1cccc(N)c1.O[C@@H]1CCNC1. The fraction of sp³-hybridized carbons (Fsp3) is 0.500. The summed E-state index contributed by atoms with van der Waals surface area (Å²) in [6.45, 7) is 31.9. The number of nitrogens with zero attached hydrogens (tertiary/aromatic N) is 2. The van der Waals surface area contributed by atoms with E-state index in [-0.39, 0.29) is 11.9 Å². The number of benzene rings is 1. The van der Waals surface area contributed by atoms with Crippen LogP contribution in [0.2, 0.25) is 0 Å². The van der Waals surface area contributed by atoms with E-state index in [0.29, 0.717) is 11.3 Å². The van der Waals surface area contributed by atoms with E-state index in [1.807, 2.05) is 60.9 Å². The van der Waals surface area contributed by atoms with Crippen LogP contribution in [0.3, 0.4) is 0 Å². The number of hydrogen-bond donors (Lipinski definition) is 5. The van der Waals surface area contributed by atoms with E-state index < -0.39 is 0 Å². The highest BCUT2D eigenvalue weighted by Gasteiger charge is 2.11. The van der Waals surface area contributed by atoms with Crippen molar-refractivity contribution in [3.8, 4) is 0 Å². The summed E-state index contributed by atoms with van der Waals surface area (Å²) in [5, 5.41) is 18.7. The lowest BCUT2D eigenvalue weighted by Gasteiger charge is -2.18. The fourth-order valence-corrected chi connectivity index (χ4v) is 3.70. The van der Waals surface area contributed by atoms with Crippen LogP contribution < -0.4 is 16.8 Å². The molecule has 2 fully saturated rings. The maximum absolute atomic E-state index is 8.67. The second-order valence-corrected chi connectivity index (χ2v) is 11.5. The van der Waals surface area contributed by atoms with E-state index in [0.717, 1.165) is 31.5 Å². The van der Waals surface area contributed by atoms with E-state index in [4.69, 9.17) is 22.0 Å². The molecule has 2 heterocycles.